The topological polar surface area (TPSA) is 35.6 Å². The van der Waals surface area contributed by atoms with Gasteiger partial charge in [0.25, 0.3) is 0 Å². The number of fused-ring (bicyclic) bond motifs is 1. The Morgan fingerprint density at radius 1 is 1.37 bits per heavy atom. The van der Waals surface area contributed by atoms with Crippen LogP contribution >= 0.6 is 23.4 Å². The summed E-state index contributed by atoms with van der Waals surface area (Å²) in [4.78, 5) is 4.67. The Hall–Kier alpha value is -0.680. The van der Waals surface area contributed by atoms with Crippen molar-refractivity contribution in [1.29, 1.82) is 0 Å². The number of alkyl halides is 1. The lowest BCUT2D eigenvalue weighted by molar-refractivity contribution is 0.569. The number of nitrogens with zero attached hydrogens (tertiary/aromatic N) is 4. The van der Waals surface area contributed by atoms with Gasteiger partial charge in [0.2, 0.25) is 0 Å². The zero-order chi connectivity index (χ0) is 14.0. The van der Waals surface area contributed by atoms with E-state index in [1.165, 1.54) is 0 Å². The fourth-order valence-corrected chi connectivity index (χ4v) is 3.29. The lowest BCUT2D eigenvalue weighted by atomic mass is 10.3. The van der Waals surface area contributed by atoms with Crippen molar-refractivity contribution in [1.82, 2.24) is 19.3 Å². The SMILES string of the molecule is CCSCC(C)n1c(CCl)nc2c(C)nn(CC)c21. The van der Waals surface area contributed by atoms with Crippen molar-refractivity contribution in [2.75, 3.05) is 11.5 Å². The molecule has 0 bridgehead atoms. The summed E-state index contributed by atoms with van der Waals surface area (Å²) in [5.41, 5.74) is 3.09. The van der Waals surface area contributed by atoms with Gasteiger partial charge >= 0.3 is 0 Å². The van der Waals surface area contributed by atoms with Crippen molar-refractivity contribution in [3.8, 4) is 0 Å². The molecule has 4 nitrogen and oxygen atoms in total. The molecule has 2 heterocycles. The molecule has 2 aromatic heterocycles. The van der Waals surface area contributed by atoms with Crippen LogP contribution < -0.4 is 0 Å². The fraction of sp³-hybridized carbons (Fsp3) is 0.692. The van der Waals surface area contributed by atoms with E-state index >= 15 is 0 Å². The van der Waals surface area contributed by atoms with E-state index in [-0.39, 0.29) is 0 Å². The van der Waals surface area contributed by atoms with Crippen LogP contribution in [0.25, 0.3) is 11.2 Å². The number of hydrogen-bond acceptors (Lipinski definition) is 3. The first-order valence-corrected chi connectivity index (χ1v) is 8.40. The Kier molecular flexibility index (Phi) is 4.79. The second-order valence-electron chi connectivity index (χ2n) is 4.61. The fourth-order valence-electron chi connectivity index (χ4n) is 2.38. The van der Waals surface area contributed by atoms with Gasteiger partial charge in [-0.2, -0.15) is 16.9 Å². The summed E-state index contributed by atoms with van der Waals surface area (Å²) in [6.07, 6.45) is 0. The lowest BCUT2D eigenvalue weighted by Gasteiger charge is -2.16. The molecule has 2 rings (SSSR count). The molecule has 1 unspecified atom stereocenters. The molecule has 0 N–H and O–H groups in total. The molecule has 0 radical (unpaired) electrons. The van der Waals surface area contributed by atoms with Crippen molar-refractivity contribution in [2.45, 2.75) is 46.2 Å². The average Bonchev–Trinajstić information content (AvgIpc) is 2.93. The second-order valence-corrected chi connectivity index (χ2v) is 6.20. The minimum Gasteiger partial charge on any atom is -0.308 e. The number of aromatic nitrogens is 4. The van der Waals surface area contributed by atoms with Crippen molar-refractivity contribution in [2.24, 2.45) is 0 Å². The summed E-state index contributed by atoms with van der Waals surface area (Å²) < 4.78 is 4.29. The van der Waals surface area contributed by atoms with Gasteiger partial charge in [-0.25, -0.2) is 9.67 Å². The smallest absolute Gasteiger partial charge is 0.159 e. The maximum Gasteiger partial charge on any atom is 0.159 e. The van der Waals surface area contributed by atoms with E-state index < -0.39 is 0 Å². The van der Waals surface area contributed by atoms with Gasteiger partial charge < -0.3 is 4.57 Å². The third-order valence-corrected chi connectivity index (χ3v) is 4.61. The van der Waals surface area contributed by atoms with Crippen LogP contribution in [0.15, 0.2) is 0 Å². The molecule has 1 atom stereocenters. The van der Waals surface area contributed by atoms with Crippen LogP contribution in [0.5, 0.6) is 0 Å². The van der Waals surface area contributed by atoms with Gasteiger partial charge in [0.15, 0.2) is 5.65 Å². The van der Waals surface area contributed by atoms with Crippen LogP contribution in [0.4, 0.5) is 0 Å². The maximum atomic E-state index is 6.07. The monoisotopic (exact) mass is 300 g/mol. The largest absolute Gasteiger partial charge is 0.308 e. The minimum absolute atomic E-state index is 0.380. The third-order valence-electron chi connectivity index (χ3n) is 3.24. The number of imidazole rings is 1. The Balaban J connectivity index is 2.55. The zero-order valence-electron chi connectivity index (χ0n) is 12.0. The van der Waals surface area contributed by atoms with Gasteiger partial charge in [-0.15, -0.1) is 11.6 Å². The quantitative estimate of drug-likeness (QED) is 0.765. The van der Waals surface area contributed by atoms with Crippen LogP contribution in [0.1, 0.15) is 38.3 Å². The summed E-state index contributed by atoms with van der Waals surface area (Å²) in [5, 5.41) is 4.55. The maximum absolute atomic E-state index is 6.07. The molecule has 0 aliphatic rings. The van der Waals surface area contributed by atoms with Gasteiger partial charge in [0, 0.05) is 18.3 Å². The van der Waals surface area contributed by atoms with Crippen LogP contribution in [-0.4, -0.2) is 30.8 Å². The number of rotatable bonds is 6. The predicted octanol–water partition coefficient (Wildman–Crippen LogP) is 3.61. The van der Waals surface area contributed by atoms with Crippen molar-refractivity contribution < 1.29 is 0 Å². The normalized spacial score (nSPS) is 13.3. The average molecular weight is 301 g/mol. The minimum atomic E-state index is 0.380. The molecule has 106 valence electrons. The van der Waals surface area contributed by atoms with E-state index in [0.717, 1.165) is 40.7 Å². The van der Waals surface area contributed by atoms with E-state index in [0.29, 0.717) is 11.9 Å². The number of halogens is 1. The molecule has 0 saturated carbocycles. The molecule has 0 saturated heterocycles. The molecule has 0 aliphatic heterocycles. The highest BCUT2D eigenvalue weighted by Crippen LogP contribution is 2.26. The first kappa shape index (κ1) is 14.7. The van der Waals surface area contributed by atoms with Crippen LogP contribution in [0.3, 0.4) is 0 Å². The predicted molar refractivity (Wildman–Crippen MR) is 83.2 cm³/mol. The van der Waals surface area contributed by atoms with Gasteiger partial charge in [0.1, 0.15) is 11.3 Å². The molecule has 6 heteroatoms. The van der Waals surface area contributed by atoms with Crippen molar-refractivity contribution >= 4 is 34.5 Å². The standard InChI is InChI=1S/C13H21ClN4S/c1-5-17-13-12(10(4)16-17)15-11(7-14)18(13)9(3)8-19-6-2/h9H,5-8H2,1-4H3. The van der Waals surface area contributed by atoms with E-state index in [1.807, 2.05) is 23.4 Å². The van der Waals surface area contributed by atoms with E-state index in [9.17, 15) is 0 Å². The molecule has 0 fully saturated rings. The first-order valence-electron chi connectivity index (χ1n) is 6.71. The molecule has 19 heavy (non-hydrogen) atoms. The summed E-state index contributed by atoms with van der Waals surface area (Å²) in [6.45, 7) is 9.38. The number of aryl methyl sites for hydroxylation is 2. The number of hydrogen-bond donors (Lipinski definition) is 0. The van der Waals surface area contributed by atoms with Crippen LogP contribution in [0, 0.1) is 6.92 Å². The summed E-state index contributed by atoms with van der Waals surface area (Å²) in [6, 6.07) is 0.380. The molecular formula is C13H21ClN4S. The van der Waals surface area contributed by atoms with Gasteiger partial charge in [-0.1, -0.05) is 6.92 Å². The summed E-state index contributed by atoms with van der Waals surface area (Å²) in [7, 11) is 0. The first-order chi connectivity index (χ1) is 9.13. The van der Waals surface area contributed by atoms with Crippen LogP contribution in [0.2, 0.25) is 0 Å². The second kappa shape index (κ2) is 6.18. The molecule has 0 aliphatic carbocycles. The Morgan fingerprint density at radius 3 is 2.68 bits per heavy atom. The third kappa shape index (κ3) is 2.63. The van der Waals surface area contributed by atoms with E-state index in [1.54, 1.807) is 0 Å². The molecule has 0 amide bonds. The van der Waals surface area contributed by atoms with Crippen molar-refractivity contribution in [3.05, 3.63) is 11.5 Å². The highest BCUT2D eigenvalue weighted by atomic mass is 35.5. The highest BCUT2D eigenvalue weighted by molar-refractivity contribution is 7.99. The zero-order valence-corrected chi connectivity index (χ0v) is 13.6. The Labute approximate surface area is 123 Å². The Bertz CT molecular complexity index is 560. The van der Waals surface area contributed by atoms with Gasteiger partial charge in [-0.3, -0.25) is 0 Å². The number of thioether (sulfide) groups is 1. The highest BCUT2D eigenvalue weighted by Gasteiger charge is 2.20. The van der Waals surface area contributed by atoms with Gasteiger partial charge in [-0.05, 0) is 26.5 Å². The van der Waals surface area contributed by atoms with Crippen LogP contribution in [-0.2, 0) is 12.4 Å². The van der Waals surface area contributed by atoms with E-state index in [4.69, 9.17) is 11.6 Å². The summed E-state index contributed by atoms with van der Waals surface area (Å²) >= 11 is 8.01. The molecular weight excluding hydrogens is 280 g/mol. The van der Waals surface area contributed by atoms with Gasteiger partial charge in [0.05, 0.1) is 11.6 Å². The molecule has 0 spiro atoms. The summed E-state index contributed by atoms with van der Waals surface area (Å²) in [5.74, 6) is 3.59. The van der Waals surface area contributed by atoms with Crippen molar-refractivity contribution in [3.63, 3.8) is 0 Å². The Morgan fingerprint density at radius 2 is 2.11 bits per heavy atom. The lowest BCUT2D eigenvalue weighted by Crippen LogP contribution is -2.14. The molecule has 0 aromatic carbocycles. The molecule has 2 aromatic rings. The van der Waals surface area contributed by atoms with E-state index in [2.05, 4.69) is 35.4 Å².